The zero-order valence-electron chi connectivity index (χ0n) is 10.00. The third-order valence-electron chi connectivity index (χ3n) is 2.11. The molecule has 0 aliphatic heterocycles. The molecule has 0 bridgehead atoms. The molecule has 1 aromatic carbocycles. The molecular weight excluding hydrogens is 238 g/mol. The summed E-state index contributed by atoms with van der Waals surface area (Å²) >= 11 is 5.79. The Morgan fingerprint density at radius 1 is 1.41 bits per heavy atom. The second-order valence-corrected chi connectivity index (χ2v) is 4.00. The number of esters is 1. The van der Waals surface area contributed by atoms with Crippen molar-refractivity contribution in [3.05, 3.63) is 46.6 Å². The van der Waals surface area contributed by atoms with Gasteiger partial charge in [-0.05, 0) is 31.5 Å². The van der Waals surface area contributed by atoms with E-state index in [1.165, 1.54) is 6.08 Å². The van der Waals surface area contributed by atoms with E-state index in [9.17, 15) is 4.79 Å². The quantitative estimate of drug-likeness (QED) is 0.648. The Morgan fingerprint density at radius 2 is 2.06 bits per heavy atom. The van der Waals surface area contributed by atoms with Gasteiger partial charge in [0.15, 0.2) is 0 Å². The maximum atomic E-state index is 11.2. The molecule has 0 saturated carbocycles. The van der Waals surface area contributed by atoms with Gasteiger partial charge in [-0.15, -0.1) is 0 Å². The number of halogens is 1. The largest absolute Gasteiger partial charge is 0.463 e. The number of carbonyl (C=O) groups excluding carboxylic acids is 1. The molecule has 0 fully saturated rings. The molecular formula is C13H16ClNO2. The molecule has 17 heavy (non-hydrogen) atoms. The summed E-state index contributed by atoms with van der Waals surface area (Å²) in [5.41, 5.74) is 1.88. The van der Waals surface area contributed by atoms with Gasteiger partial charge in [-0.3, -0.25) is 0 Å². The first kappa shape index (κ1) is 13.6. The van der Waals surface area contributed by atoms with Gasteiger partial charge in [0.25, 0.3) is 0 Å². The van der Waals surface area contributed by atoms with Crippen LogP contribution in [0.2, 0.25) is 5.02 Å². The Bertz CT molecular complexity index is 398. The van der Waals surface area contributed by atoms with Gasteiger partial charge in [0.2, 0.25) is 0 Å². The molecule has 4 heteroatoms. The monoisotopic (exact) mass is 253 g/mol. The third kappa shape index (κ3) is 5.41. The highest BCUT2D eigenvalue weighted by atomic mass is 35.5. The molecule has 0 amide bonds. The van der Waals surface area contributed by atoms with Gasteiger partial charge in [0.05, 0.1) is 6.61 Å². The molecule has 0 atom stereocenters. The Morgan fingerprint density at radius 3 is 2.65 bits per heavy atom. The molecule has 92 valence electrons. The number of nitrogens with one attached hydrogen (secondary N) is 1. The molecule has 0 aliphatic carbocycles. The van der Waals surface area contributed by atoms with E-state index < -0.39 is 0 Å². The third-order valence-corrected chi connectivity index (χ3v) is 2.36. The van der Waals surface area contributed by atoms with Gasteiger partial charge < -0.3 is 10.1 Å². The van der Waals surface area contributed by atoms with Gasteiger partial charge >= 0.3 is 5.97 Å². The molecule has 1 N–H and O–H groups in total. The molecule has 0 unspecified atom stereocenters. The maximum Gasteiger partial charge on any atom is 0.332 e. The average molecular weight is 254 g/mol. The standard InChI is InChI=1S/C13H16ClNO2/c1-3-17-13(16)8-10(2)15-9-11-4-6-12(14)7-5-11/h4-8,15H,3,9H2,1-2H3/b10-8-. The molecule has 0 spiro atoms. The lowest BCUT2D eigenvalue weighted by Gasteiger charge is -2.06. The van der Waals surface area contributed by atoms with Crippen molar-refractivity contribution in [2.24, 2.45) is 0 Å². The molecule has 3 nitrogen and oxygen atoms in total. The number of carbonyl (C=O) groups is 1. The van der Waals surface area contributed by atoms with Crippen LogP contribution in [0.3, 0.4) is 0 Å². The van der Waals surface area contributed by atoms with Gasteiger partial charge in [-0.25, -0.2) is 4.79 Å². The molecule has 0 aromatic heterocycles. The Balaban J connectivity index is 2.45. The minimum absolute atomic E-state index is 0.325. The smallest absolute Gasteiger partial charge is 0.332 e. The second kappa shape index (κ2) is 6.97. The lowest BCUT2D eigenvalue weighted by molar-refractivity contribution is -0.137. The van der Waals surface area contributed by atoms with Crippen LogP contribution in [0.5, 0.6) is 0 Å². The van der Waals surface area contributed by atoms with Crippen LogP contribution in [0, 0.1) is 0 Å². The van der Waals surface area contributed by atoms with E-state index in [4.69, 9.17) is 16.3 Å². The van der Waals surface area contributed by atoms with Crippen molar-refractivity contribution >= 4 is 17.6 Å². The fraction of sp³-hybridized carbons (Fsp3) is 0.308. The van der Waals surface area contributed by atoms with Crippen LogP contribution in [0.4, 0.5) is 0 Å². The zero-order valence-corrected chi connectivity index (χ0v) is 10.8. The first-order valence-corrected chi connectivity index (χ1v) is 5.83. The first-order chi connectivity index (χ1) is 8.11. The highest BCUT2D eigenvalue weighted by molar-refractivity contribution is 6.30. The molecule has 0 saturated heterocycles. The van der Waals surface area contributed by atoms with Gasteiger partial charge in [-0.2, -0.15) is 0 Å². The van der Waals surface area contributed by atoms with Crippen LogP contribution in [0.25, 0.3) is 0 Å². The Labute approximate surface area is 106 Å². The van der Waals surface area contributed by atoms with E-state index in [-0.39, 0.29) is 5.97 Å². The summed E-state index contributed by atoms with van der Waals surface area (Å²) in [7, 11) is 0. The van der Waals surface area contributed by atoms with Crippen LogP contribution >= 0.6 is 11.6 Å². The van der Waals surface area contributed by atoms with Crippen LogP contribution in [-0.2, 0) is 16.1 Å². The lowest BCUT2D eigenvalue weighted by Crippen LogP contribution is -2.12. The number of benzene rings is 1. The number of allylic oxidation sites excluding steroid dienone is 1. The van der Waals surface area contributed by atoms with Crippen molar-refractivity contribution in [2.45, 2.75) is 20.4 Å². The van der Waals surface area contributed by atoms with E-state index in [2.05, 4.69) is 5.32 Å². The molecule has 0 radical (unpaired) electrons. The van der Waals surface area contributed by atoms with Crippen molar-refractivity contribution in [3.63, 3.8) is 0 Å². The second-order valence-electron chi connectivity index (χ2n) is 3.56. The summed E-state index contributed by atoms with van der Waals surface area (Å²) in [6, 6.07) is 7.55. The molecule has 0 aliphatic rings. The Kier molecular flexibility index (Phi) is 5.57. The van der Waals surface area contributed by atoms with E-state index >= 15 is 0 Å². The van der Waals surface area contributed by atoms with E-state index in [0.717, 1.165) is 11.3 Å². The first-order valence-electron chi connectivity index (χ1n) is 5.45. The molecule has 0 heterocycles. The number of hydrogen-bond donors (Lipinski definition) is 1. The summed E-state index contributed by atoms with van der Waals surface area (Å²) in [5.74, 6) is -0.325. The minimum Gasteiger partial charge on any atom is -0.463 e. The van der Waals surface area contributed by atoms with Gasteiger partial charge in [0, 0.05) is 23.3 Å². The van der Waals surface area contributed by atoms with E-state index in [1.54, 1.807) is 6.92 Å². The highest BCUT2D eigenvalue weighted by Gasteiger charge is 1.98. The maximum absolute atomic E-state index is 11.2. The average Bonchev–Trinajstić information content (AvgIpc) is 2.28. The van der Waals surface area contributed by atoms with Crippen LogP contribution < -0.4 is 5.32 Å². The lowest BCUT2D eigenvalue weighted by atomic mass is 10.2. The molecule has 1 aromatic rings. The number of hydrogen-bond acceptors (Lipinski definition) is 3. The van der Waals surface area contributed by atoms with Crippen LogP contribution in [-0.4, -0.2) is 12.6 Å². The van der Waals surface area contributed by atoms with Crippen molar-refractivity contribution < 1.29 is 9.53 Å². The number of rotatable bonds is 5. The van der Waals surface area contributed by atoms with Gasteiger partial charge in [0.1, 0.15) is 0 Å². The summed E-state index contributed by atoms with van der Waals surface area (Å²) in [6.07, 6.45) is 1.44. The predicted octanol–water partition coefficient (Wildman–Crippen LogP) is 2.90. The summed E-state index contributed by atoms with van der Waals surface area (Å²) in [5, 5.41) is 3.84. The predicted molar refractivity (Wildman–Crippen MR) is 68.7 cm³/mol. The SMILES string of the molecule is CCOC(=O)/C=C(/C)NCc1ccc(Cl)cc1. The minimum atomic E-state index is -0.325. The number of ether oxygens (including phenoxy) is 1. The van der Waals surface area contributed by atoms with Gasteiger partial charge in [-0.1, -0.05) is 23.7 Å². The summed E-state index contributed by atoms with van der Waals surface area (Å²) < 4.78 is 4.81. The van der Waals surface area contributed by atoms with Crippen molar-refractivity contribution in [2.75, 3.05) is 6.61 Å². The van der Waals surface area contributed by atoms with Crippen LogP contribution in [0.1, 0.15) is 19.4 Å². The summed E-state index contributed by atoms with van der Waals surface area (Å²) in [6.45, 7) is 4.65. The highest BCUT2D eigenvalue weighted by Crippen LogP contribution is 2.09. The molecule has 1 rings (SSSR count). The zero-order chi connectivity index (χ0) is 12.7. The topological polar surface area (TPSA) is 38.3 Å². The van der Waals surface area contributed by atoms with E-state index in [1.807, 2.05) is 31.2 Å². The fourth-order valence-electron chi connectivity index (χ4n) is 1.26. The fourth-order valence-corrected chi connectivity index (χ4v) is 1.38. The normalized spacial score (nSPS) is 11.1. The van der Waals surface area contributed by atoms with Crippen molar-refractivity contribution in [1.82, 2.24) is 5.32 Å². The van der Waals surface area contributed by atoms with Crippen molar-refractivity contribution in [1.29, 1.82) is 0 Å². The Hall–Kier alpha value is -1.48. The van der Waals surface area contributed by atoms with Crippen molar-refractivity contribution in [3.8, 4) is 0 Å². The summed E-state index contributed by atoms with van der Waals surface area (Å²) in [4.78, 5) is 11.2. The van der Waals surface area contributed by atoms with E-state index in [0.29, 0.717) is 18.2 Å². The van der Waals surface area contributed by atoms with Crippen LogP contribution in [0.15, 0.2) is 36.0 Å².